The number of ether oxygens (including phenoxy) is 1. The summed E-state index contributed by atoms with van der Waals surface area (Å²) in [6.45, 7) is 2.54. The molecule has 0 bridgehead atoms. The highest BCUT2D eigenvalue weighted by Crippen LogP contribution is 2.28. The summed E-state index contributed by atoms with van der Waals surface area (Å²) < 4.78 is 5.03. The molecule has 2 unspecified atom stereocenters. The van der Waals surface area contributed by atoms with Crippen molar-refractivity contribution in [3.8, 4) is 5.88 Å². The van der Waals surface area contributed by atoms with Gasteiger partial charge in [-0.3, -0.25) is 4.79 Å². The third kappa shape index (κ3) is 2.15. The molecule has 1 fully saturated rings. The van der Waals surface area contributed by atoms with Gasteiger partial charge in [0.25, 0.3) is 0 Å². The molecule has 2 heterocycles. The monoisotopic (exact) mass is 237 g/mol. The number of hydrogen-bond donors (Lipinski definition) is 1. The van der Waals surface area contributed by atoms with Gasteiger partial charge in [0.05, 0.1) is 13.0 Å². The van der Waals surface area contributed by atoms with Gasteiger partial charge in [0, 0.05) is 24.8 Å². The molecule has 6 heteroatoms. The molecular weight excluding hydrogens is 222 g/mol. The summed E-state index contributed by atoms with van der Waals surface area (Å²) >= 11 is 0. The lowest BCUT2D eigenvalue weighted by molar-refractivity contribution is -0.141. The molecule has 1 N–H and O–H groups in total. The third-order valence-corrected chi connectivity index (χ3v) is 3.16. The molecule has 1 aliphatic heterocycles. The van der Waals surface area contributed by atoms with Crippen molar-refractivity contribution in [1.82, 2.24) is 9.97 Å². The van der Waals surface area contributed by atoms with Crippen molar-refractivity contribution < 1.29 is 14.6 Å². The third-order valence-electron chi connectivity index (χ3n) is 3.16. The van der Waals surface area contributed by atoms with E-state index in [1.807, 2.05) is 11.8 Å². The van der Waals surface area contributed by atoms with Crippen molar-refractivity contribution in [3.63, 3.8) is 0 Å². The highest BCUT2D eigenvalue weighted by Gasteiger charge is 2.36. The molecule has 0 radical (unpaired) electrons. The van der Waals surface area contributed by atoms with E-state index >= 15 is 0 Å². The number of hydrogen-bond acceptors (Lipinski definition) is 5. The highest BCUT2D eigenvalue weighted by atomic mass is 16.5. The van der Waals surface area contributed by atoms with Crippen LogP contribution in [-0.2, 0) is 4.79 Å². The predicted molar refractivity (Wildman–Crippen MR) is 61.1 cm³/mol. The largest absolute Gasteiger partial charge is 0.481 e. The van der Waals surface area contributed by atoms with Crippen LogP contribution in [0.15, 0.2) is 12.3 Å². The fourth-order valence-electron chi connectivity index (χ4n) is 2.14. The molecule has 0 saturated carbocycles. The van der Waals surface area contributed by atoms with Gasteiger partial charge in [0.2, 0.25) is 11.8 Å². The molecule has 17 heavy (non-hydrogen) atoms. The molecule has 2 atom stereocenters. The van der Waals surface area contributed by atoms with Gasteiger partial charge in [0.1, 0.15) is 0 Å². The SMILES string of the molecule is COc1ccnc(N2CCC(C(=O)O)C2C)n1. The molecule has 0 spiro atoms. The normalized spacial score (nSPS) is 23.8. The van der Waals surface area contributed by atoms with Crippen LogP contribution in [0, 0.1) is 5.92 Å². The number of anilines is 1. The van der Waals surface area contributed by atoms with Gasteiger partial charge in [-0.2, -0.15) is 4.98 Å². The van der Waals surface area contributed by atoms with Crippen LogP contribution >= 0.6 is 0 Å². The minimum atomic E-state index is -0.761. The molecule has 0 aromatic carbocycles. The van der Waals surface area contributed by atoms with Gasteiger partial charge in [-0.25, -0.2) is 4.98 Å². The van der Waals surface area contributed by atoms with Crippen LogP contribution in [0.2, 0.25) is 0 Å². The average Bonchev–Trinajstić information content (AvgIpc) is 2.71. The number of nitrogens with zero attached hydrogens (tertiary/aromatic N) is 3. The fourth-order valence-corrected chi connectivity index (χ4v) is 2.14. The Morgan fingerprint density at radius 3 is 3.00 bits per heavy atom. The lowest BCUT2D eigenvalue weighted by Crippen LogP contribution is -2.34. The van der Waals surface area contributed by atoms with E-state index in [2.05, 4.69) is 9.97 Å². The summed E-state index contributed by atoms with van der Waals surface area (Å²) in [6, 6.07) is 1.57. The van der Waals surface area contributed by atoms with Crippen LogP contribution in [0.25, 0.3) is 0 Å². The zero-order chi connectivity index (χ0) is 12.4. The molecular formula is C11H15N3O3. The summed E-state index contributed by atoms with van der Waals surface area (Å²) in [6.07, 6.45) is 2.24. The first kappa shape index (κ1) is 11.6. The van der Waals surface area contributed by atoms with Crippen molar-refractivity contribution in [2.75, 3.05) is 18.6 Å². The number of carboxylic acids is 1. The minimum absolute atomic E-state index is 0.0976. The van der Waals surface area contributed by atoms with Crippen LogP contribution in [0.5, 0.6) is 5.88 Å². The second-order valence-electron chi connectivity index (χ2n) is 4.07. The average molecular weight is 237 g/mol. The minimum Gasteiger partial charge on any atom is -0.481 e. The molecule has 1 aromatic rings. The summed E-state index contributed by atoms with van der Waals surface area (Å²) in [5, 5.41) is 9.06. The van der Waals surface area contributed by atoms with Gasteiger partial charge >= 0.3 is 5.97 Å². The van der Waals surface area contributed by atoms with Crippen molar-refractivity contribution >= 4 is 11.9 Å². The summed E-state index contributed by atoms with van der Waals surface area (Å²) in [5.74, 6) is -0.103. The number of aromatic nitrogens is 2. The van der Waals surface area contributed by atoms with E-state index in [9.17, 15) is 4.79 Å². The van der Waals surface area contributed by atoms with E-state index in [-0.39, 0.29) is 12.0 Å². The van der Waals surface area contributed by atoms with Crippen LogP contribution in [0.1, 0.15) is 13.3 Å². The quantitative estimate of drug-likeness (QED) is 0.837. The van der Waals surface area contributed by atoms with Crippen molar-refractivity contribution in [2.45, 2.75) is 19.4 Å². The van der Waals surface area contributed by atoms with Crippen LogP contribution in [0.3, 0.4) is 0 Å². The number of aliphatic carboxylic acids is 1. The van der Waals surface area contributed by atoms with Gasteiger partial charge in [0.15, 0.2) is 0 Å². The molecule has 0 amide bonds. The number of carbonyl (C=O) groups is 1. The topological polar surface area (TPSA) is 75.5 Å². The Morgan fingerprint density at radius 1 is 1.65 bits per heavy atom. The molecule has 92 valence electrons. The van der Waals surface area contributed by atoms with Gasteiger partial charge in [-0.05, 0) is 13.3 Å². The van der Waals surface area contributed by atoms with E-state index in [0.717, 1.165) is 0 Å². The summed E-state index contributed by atoms with van der Waals surface area (Å²) in [5.41, 5.74) is 0. The molecule has 1 aliphatic rings. The Hall–Kier alpha value is -1.85. The molecule has 1 saturated heterocycles. The lowest BCUT2D eigenvalue weighted by Gasteiger charge is -2.23. The number of carboxylic acid groups (broad SMARTS) is 1. The fraction of sp³-hybridized carbons (Fsp3) is 0.545. The summed E-state index contributed by atoms with van der Waals surface area (Å²) in [7, 11) is 1.54. The van der Waals surface area contributed by atoms with Crippen molar-refractivity contribution in [1.29, 1.82) is 0 Å². The number of rotatable bonds is 3. The second-order valence-corrected chi connectivity index (χ2v) is 4.07. The molecule has 6 nitrogen and oxygen atoms in total. The number of methoxy groups -OCH3 is 1. The Balaban J connectivity index is 2.20. The lowest BCUT2D eigenvalue weighted by atomic mass is 10.0. The van der Waals surface area contributed by atoms with Gasteiger partial charge < -0.3 is 14.7 Å². The standard InChI is InChI=1S/C11H15N3O3/c1-7-8(10(15)16)4-6-14(7)11-12-5-3-9(13-11)17-2/h3,5,7-8H,4,6H2,1-2H3,(H,15,16). The van der Waals surface area contributed by atoms with Crippen molar-refractivity contribution in [3.05, 3.63) is 12.3 Å². The maximum Gasteiger partial charge on any atom is 0.308 e. The zero-order valence-corrected chi connectivity index (χ0v) is 9.83. The first-order valence-electron chi connectivity index (χ1n) is 5.50. The molecule has 0 aliphatic carbocycles. The Morgan fingerprint density at radius 2 is 2.41 bits per heavy atom. The molecule has 1 aromatic heterocycles. The van der Waals surface area contributed by atoms with E-state index in [4.69, 9.17) is 9.84 Å². The maximum atomic E-state index is 11.0. The zero-order valence-electron chi connectivity index (χ0n) is 9.83. The second kappa shape index (κ2) is 4.57. The Kier molecular flexibility index (Phi) is 3.12. The smallest absolute Gasteiger partial charge is 0.308 e. The van der Waals surface area contributed by atoms with E-state index in [0.29, 0.717) is 24.8 Å². The first-order valence-corrected chi connectivity index (χ1v) is 5.50. The highest BCUT2D eigenvalue weighted by molar-refractivity contribution is 5.72. The van der Waals surface area contributed by atoms with Crippen LogP contribution in [0.4, 0.5) is 5.95 Å². The van der Waals surface area contributed by atoms with Gasteiger partial charge in [-0.15, -0.1) is 0 Å². The Bertz CT molecular complexity index is 424. The first-order chi connectivity index (χ1) is 8.13. The Labute approximate surface area is 99.2 Å². The van der Waals surface area contributed by atoms with Gasteiger partial charge in [-0.1, -0.05) is 0 Å². The van der Waals surface area contributed by atoms with E-state index in [1.165, 1.54) is 0 Å². The maximum absolute atomic E-state index is 11.0. The van der Waals surface area contributed by atoms with Crippen molar-refractivity contribution in [2.24, 2.45) is 5.92 Å². The predicted octanol–water partition coefficient (Wildman–Crippen LogP) is 0.785. The van der Waals surface area contributed by atoms with Crippen LogP contribution < -0.4 is 9.64 Å². The van der Waals surface area contributed by atoms with E-state index in [1.54, 1.807) is 19.4 Å². The summed E-state index contributed by atoms with van der Waals surface area (Å²) in [4.78, 5) is 21.3. The van der Waals surface area contributed by atoms with Crippen LogP contribution in [-0.4, -0.2) is 40.7 Å². The van der Waals surface area contributed by atoms with E-state index < -0.39 is 5.97 Å². The molecule has 2 rings (SSSR count).